The summed E-state index contributed by atoms with van der Waals surface area (Å²) in [7, 11) is 2.06. The fourth-order valence-electron chi connectivity index (χ4n) is 3.17. The van der Waals surface area contributed by atoms with Gasteiger partial charge in [-0.3, -0.25) is 4.79 Å². The second-order valence-corrected chi connectivity index (χ2v) is 7.11. The molecule has 0 amide bonds. The van der Waals surface area contributed by atoms with Gasteiger partial charge in [-0.25, -0.2) is 9.97 Å². The highest BCUT2D eigenvalue weighted by molar-refractivity contribution is 9.10. The molecule has 24 heavy (non-hydrogen) atoms. The van der Waals surface area contributed by atoms with Crippen LogP contribution >= 0.6 is 15.9 Å². The Balaban J connectivity index is 1.87. The lowest BCUT2D eigenvalue weighted by Gasteiger charge is -2.32. The number of halogens is 1. The number of ketones is 1. The SMILES string of the molecule is CN(c1cccc(C(=O)c2cc(Br)cnc2N)n1)C1CCCCC1. The van der Waals surface area contributed by atoms with Crippen LogP contribution in [0, 0.1) is 0 Å². The number of hydrogen-bond donors (Lipinski definition) is 1. The summed E-state index contributed by atoms with van der Waals surface area (Å²) in [5.41, 5.74) is 6.61. The van der Waals surface area contributed by atoms with Crippen molar-refractivity contribution in [3.63, 3.8) is 0 Å². The molecule has 126 valence electrons. The number of carbonyl (C=O) groups excluding carboxylic acids is 1. The number of pyridine rings is 2. The molecule has 0 spiro atoms. The molecule has 0 aromatic carbocycles. The van der Waals surface area contributed by atoms with Gasteiger partial charge in [0.1, 0.15) is 17.3 Å². The van der Waals surface area contributed by atoms with Crippen LogP contribution in [0.5, 0.6) is 0 Å². The molecule has 6 heteroatoms. The summed E-state index contributed by atoms with van der Waals surface area (Å²) in [5.74, 6) is 0.838. The van der Waals surface area contributed by atoms with Gasteiger partial charge < -0.3 is 10.6 Å². The monoisotopic (exact) mass is 388 g/mol. The van der Waals surface area contributed by atoms with Crippen molar-refractivity contribution in [2.75, 3.05) is 17.7 Å². The molecule has 0 unspecified atom stereocenters. The molecule has 0 radical (unpaired) electrons. The summed E-state index contributed by atoms with van der Waals surface area (Å²) in [6, 6.07) is 7.73. The number of nitrogen functional groups attached to an aromatic ring is 1. The predicted octanol–water partition coefficient (Wildman–Crippen LogP) is 3.82. The normalized spacial score (nSPS) is 15.2. The van der Waals surface area contributed by atoms with Gasteiger partial charge in [-0.05, 0) is 47.0 Å². The molecule has 1 saturated carbocycles. The van der Waals surface area contributed by atoms with Crippen LogP contribution in [0.4, 0.5) is 11.6 Å². The lowest BCUT2D eigenvalue weighted by atomic mass is 9.94. The van der Waals surface area contributed by atoms with E-state index in [0.29, 0.717) is 17.3 Å². The molecule has 1 aliphatic rings. The first-order valence-corrected chi connectivity index (χ1v) is 9.01. The van der Waals surface area contributed by atoms with Gasteiger partial charge in [-0.1, -0.05) is 25.3 Å². The van der Waals surface area contributed by atoms with E-state index in [2.05, 4.69) is 37.8 Å². The first-order chi connectivity index (χ1) is 11.6. The minimum atomic E-state index is -0.208. The number of rotatable bonds is 4. The van der Waals surface area contributed by atoms with E-state index in [1.807, 2.05) is 12.1 Å². The third-order valence-corrected chi connectivity index (χ3v) is 5.01. The standard InChI is InChI=1S/C18H21BrN4O/c1-23(13-6-3-2-4-7-13)16-9-5-8-15(22-16)17(24)14-10-12(19)11-21-18(14)20/h5,8-11,13H,2-4,6-7H2,1H3,(H2,20,21). The Morgan fingerprint density at radius 1 is 1.29 bits per heavy atom. The van der Waals surface area contributed by atoms with Gasteiger partial charge in [0.2, 0.25) is 5.78 Å². The van der Waals surface area contributed by atoms with Gasteiger partial charge in [0, 0.05) is 23.8 Å². The van der Waals surface area contributed by atoms with Crippen molar-refractivity contribution < 1.29 is 4.79 Å². The van der Waals surface area contributed by atoms with Crippen LogP contribution in [0.3, 0.4) is 0 Å². The first-order valence-electron chi connectivity index (χ1n) is 8.22. The lowest BCUT2D eigenvalue weighted by Crippen LogP contribution is -2.34. The molecule has 2 aromatic heterocycles. The second kappa shape index (κ2) is 7.30. The Morgan fingerprint density at radius 2 is 2.04 bits per heavy atom. The maximum absolute atomic E-state index is 12.7. The number of nitrogens with zero attached hydrogens (tertiary/aromatic N) is 3. The van der Waals surface area contributed by atoms with Crippen LogP contribution < -0.4 is 10.6 Å². The molecule has 2 aromatic rings. The van der Waals surface area contributed by atoms with Gasteiger partial charge in [0.05, 0.1) is 5.56 Å². The van der Waals surface area contributed by atoms with Crippen molar-refractivity contribution in [1.29, 1.82) is 0 Å². The maximum atomic E-state index is 12.7. The topological polar surface area (TPSA) is 72.1 Å². The van der Waals surface area contributed by atoms with Gasteiger partial charge >= 0.3 is 0 Å². The predicted molar refractivity (Wildman–Crippen MR) is 99.3 cm³/mol. The highest BCUT2D eigenvalue weighted by atomic mass is 79.9. The van der Waals surface area contributed by atoms with E-state index in [1.165, 1.54) is 32.1 Å². The lowest BCUT2D eigenvalue weighted by molar-refractivity contribution is 0.103. The van der Waals surface area contributed by atoms with Gasteiger partial charge in [0.25, 0.3) is 0 Å². The first kappa shape index (κ1) is 16.9. The average Bonchev–Trinajstić information content (AvgIpc) is 2.63. The second-order valence-electron chi connectivity index (χ2n) is 6.20. The van der Waals surface area contributed by atoms with Crippen molar-refractivity contribution in [2.45, 2.75) is 38.1 Å². The van der Waals surface area contributed by atoms with Gasteiger partial charge in [-0.15, -0.1) is 0 Å². The van der Waals surface area contributed by atoms with E-state index in [1.54, 1.807) is 18.3 Å². The third kappa shape index (κ3) is 3.59. The summed E-state index contributed by atoms with van der Waals surface area (Å²) in [5, 5.41) is 0. The number of hydrogen-bond acceptors (Lipinski definition) is 5. The third-order valence-electron chi connectivity index (χ3n) is 4.58. The Morgan fingerprint density at radius 3 is 2.79 bits per heavy atom. The highest BCUT2D eigenvalue weighted by Gasteiger charge is 2.21. The van der Waals surface area contributed by atoms with E-state index < -0.39 is 0 Å². The van der Waals surface area contributed by atoms with Crippen LogP contribution in [0.15, 0.2) is 34.9 Å². The summed E-state index contributed by atoms with van der Waals surface area (Å²) < 4.78 is 0.718. The highest BCUT2D eigenvalue weighted by Crippen LogP contribution is 2.26. The molecule has 2 heterocycles. The van der Waals surface area contributed by atoms with Crippen LogP contribution in [-0.4, -0.2) is 28.8 Å². The number of carbonyl (C=O) groups is 1. The van der Waals surface area contributed by atoms with E-state index in [-0.39, 0.29) is 11.6 Å². The summed E-state index contributed by atoms with van der Waals surface area (Å²) in [4.78, 5) is 23.5. The molecule has 1 aliphatic carbocycles. The van der Waals surface area contributed by atoms with E-state index in [0.717, 1.165) is 10.3 Å². The summed E-state index contributed by atoms with van der Waals surface area (Å²) in [6.07, 6.45) is 7.76. The summed E-state index contributed by atoms with van der Waals surface area (Å²) >= 11 is 3.33. The van der Waals surface area contributed by atoms with Gasteiger partial charge in [0.15, 0.2) is 0 Å². The Bertz CT molecular complexity index is 744. The van der Waals surface area contributed by atoms with Gasteiger partial charge in [-0.2, -0.15) is 0 Å². The summed E-state index contributed by atoms with van der Waals surface area (Å²) in [6.45, 7) is 0. The molecular formula is C18H21BrN4O. The molecule has 5 nitrogen and oxygen atoms in total. The number of anilines is 2. The fourth-order valence-corrected chi connectivity index (χ4v) is 3.50. The zero-order valence-corrected chi connectivity index (χ0v) is 15.3. The average molecular weight is 389 g/mol. The zero-order valence-electron chi connectivity index (χ0n) is 13.7. The quantitative estimate of drug-likeness (QED) is 0.805. The van der Waals surface area contributed by atoms with Crippen LogP contribution in [0.1, 0.15) is 48.2 Å². The molecule has 3 rings (SSSR count). The van der Waals surface area contributed by atoms with Crippen molar-refractivity contribution in [3.05, 3.63) is 46.2 Å². The minimum absolute atomic E-state index is 0.208. The molecule has 1 fully saturated rings. The molecule has 2 N–H and O–H groups in total. The minimum Gasteiger partial charge on any atom is -0.383 e. The zero-order chi connectivity index (χ0) is 17.1. The van der Waals surface area contributed by atoms with Crippen LogP contribution in [-0.2, 0) is 0 Å². The van der Waals surface area contributed by atoms with E-state index in [9.17, 15) is 4.79 Å². The van der Waals surface area contributed by atoms with Crippen LogP contribution in [0.2, 0.25) is 0 Å². The number of nitrogens with two attached hydrogens (primary N) is 1. The largest absolute Gasteiger partial charge is 0.383 e. The van der Waals surface area contributed by atoms with Crippen molar-refractivity contribution in [3.8, 4) is 0 Å². The van der Waals surface area contributed by atoms with Crippen molar-refractivity contribution in [1.82, 2.24) is 9.97 Å². The number of aromatic nitrogens is 2. The van der Waals surface area contributed by atoms with Crippen molar-refractivity contribution in [2.24, 2.45) is 0 Å². The molecule has 0 saturated heterocycles. The molecular weight excluding hydrogens is 368 g/mol. The van der Waals surface area contributed by atoms with E-state index >= 15 is 0 Å². The van der Waals surface area contributed by atoms with Crippen LogP contribution in [0.25, 0.3) is 0 Å². The van der Waals surface area contributed by atoms with Crippen molar-refractivity contribution >= 4 is 33.3 Å². The molecule has 0 atom stereocenters. The smallest absolute Gasteiger partial charge is 0.215 e. The Hall–Kier alpha value is -1.95. The maximum Gasteiger partial charge on any atom is 0.215 e. The van der Waals surface area contributed by atoms with E-state index in [4.69, 9.17) is 5.73 Å². The molecule has 0 bridgehead atoms. The molecule has 0 aliphatic heterocycles. The Kier molecular flexibility index (Phi) is 5.14. The Labute approximate surface area is 150 Å². The fraction of sp³-hybridized carbons (Fsp3) is 0.389.